The second-order valence-corrected chi connectivity index (χ2v) is 5.29. The molecule has 1 saturated heterocycles. The predicted octanol–water partition coefficient (Wildman–Crippen LogP) is 1.31. The van der Waals surface area contributed by atoms with Gasteiger partial charge in [-0.3, -0.25) is 9.59 Å². The van der Waals surface area contributed by atoms with E-state index >= 15 is 0 Å². The Balaban J connectivity index is 2.59. The Kier molecular flexibility index (Phi) is 6.84. The number of hydrogen-bond donors (Lipinski definition) is 1. The molecule has 1 rings (SSSR count). The molecule has 0 saturated carbocycles. The van der Waals surface area contributed by atoms with Gasteiger partial charge in [-0.25, -0.2) is 0 Å². The highest BCUT2D eigenvalue weighted by molar-refractivity contribution is 5.80. The van der Waals surface area contributed by atoms with Crippen LogP contribution in [0.2, 0.25) is 0 Å². The maximum atomic E-state index is 12.4. The van der Waals surface area contributed by atoms with Gasteiger partial charge in [0.25, 0.3) is 0 Å². The zero-order valence-corrected chi connectivity index (χ0v) is 12.1. The first-order valence-corrected chi connectivity index (χ1v) is 7.17. The number of hydrogen-bond acceptors (Lipinski definition) is 4. The Morgan fingerprint density at radius 2 is 2.16 bits per heavy atom. The van der Waals surface area contributed by atoms with E-state index in [1.807, 2.05) is 11.8 Å². The highest BCUT2D eigenvalue weighted by Crippen LogP contribution is 2.23. The third-order valence-electron chi connectivity index (χ3n) is 3.80. The molecule has 0 aromatic rings. The first kappa shape index (κ1) is 16.0. The van der Waals surface area contributed by atoms with E-state index in [1.54, 1.807) is 0 Å². The summed E-state index contributed by atoms with van der Waals surface area (Å²) in [4.78, 5) is 25.7. The molecule has 1 aliphatic rings. The smallest absolute Gasteiger partial charge is 0.307 e. The molecule has 0 aliphatic carbocycles. The van der Waals surface area contributed by atoms with E-state index in [-0.39, 0.29) is 23.8 Å². The van der Waals surface area contributed by atoms with Crippen LogP contribution in [-0.2, 0) is 14.3 Å². The fraction of sp³-hybridized carbons (Fsp3) is 0.857. The average molecular weight is 270 g/mol. The molecule has 0 radical (unpaired) electrons. The molecule has 1 fully saturated rings. The molecular weight excluding hydrogens is 244 g/mol. The molecule has 1 heterocycles. The number of nitrogens with two attached hydrogens (primary N) is 1. The van der Waals surface area contributed by atoms with Crippen molar-refractivity contribution in [3.05, 3.63) is 0 Å². The lowest BCUT2D eigenvalue weighted by molar-refractivity contribution is -0.146. The summed E-state index contributed by atoms with van der Waals surface area (Å²) in [6.07, 6.45) is 4.98. The van der Waals surface area contributed by atoms with Crippen molar-refractivity contribution in [3.8, 4) is 0 Å². The van der Waals surface area contributed by atoms with E-state index in [4.69, 9.17) is 10.5 Å². The number of nitrogens with zero attached hydrogens (tertiary/aromatic N) is 1. The molecule has 5 nitrogen and oxygen atoms in total. The zero-order valence-electron chi connectivity index (χ0n) is 12.1. The summed E-state index contributed by atoms with van der Waals surface area (Å²) >= 11 is 0. The van der Waals surface area contributed by atoms with Crippen molar-refractivity contribution in [2.45, 2.75) is 51.5 Å². The molecule has 1 amide bonds. The number of ether oxygens (including phenoxy) is 1. The van der Waals surface area contributed by atoms with Crippen molar-refractivity contribution in [2.75, 3.05) is 20.2 Å². The summed E-state index contributed by atoms with van der Waals surface area (Å²) in [7, 11) is 1.39. The van der Waals surface area contributed by atoms with Crippen molar-refractivity contribution >= 4 is 11.9 Å². The molecule has 0 bridgehead atoms. The minimum Gasteiger partial charge on any atom is -0.469 e. The van der Waals surface area contributed by atoms with Crippen molar-refractivity contribution in [2.24, 2.45) is 11.7 Å². The van der Waals surface area contributed by atoms with Crippen LogP contribution in [0.25, 0.3) is 0 Å². The van der Waals surface area contributed by atoms with Gasteiger partial charge >= 0.3 is 5.97 Å². The first-order valence-electron chi connectivity index (χ1n) is 7.17. The Labute approximate surface area is 115 Å². The van der Waals surface area contributed by atoms with Crippen molar-refractivity contribution < 1.29 is 14.3 Å². The number of likely N-dealkylation sites (tertiary alicyclic amines) is 1. The lowest BCUT2D eigenvalue weighted by Crippen LogP contribution is -2.47. The second-order valence-electron chi connectivity index (χ2n) is 5.29. The van der Waals surface area contributed by atoms with Crippen LogP contribution in [0.4, 0.5) is 0 Å². The van der Waals surface area contributed by atoms with E-state index in [0.717, 1.165) is 38.6 Å². The fourth-order valence-electron chi connectivity index (χ4n) is 2.61. The van der Waals surface area contributed by atoms with E-state index in [9.17, 15) is 9.59 Å². The van der Waals surface area contributed by atoms with E-state index < -0.39 is 0 Å². The third-order valence-corrected chi connectivity index (χ3v) is 3.80. The predicted molar refractivity (Wildman–Crippen MR) is 73.4 cm³/mol. The molecule has 0 aromatic carbocycles. The standard InChI is InChI=1S/C14H26N2O3/c1-11(6-5-8-15)14(18)16-9-4-3-7-12(16)10-13(17)19-2/h11-12H,3-10,15H2,1-2H3. The second kappa shape index (κ2) is 8.15. The Morgan fingerprint density at radius 1 is 1.42 bits per heavy atom. The van der Waals surface area contributed by atoms with Gasteiger partial charge in [-0.15, -0.1) is 0 Å². The van der Waals surface area contributed by atoms with Gasteiger partial charge in [-0.2, -0.15) is 0 Å². The van der Waals surface area contributed by atoms with Crippen LogP contribution in [0.3, 0.4) is 0 Å². The lowest BCUT2D eigenvalue weighted by atomic mass is 9.95. The minimum atomic E-state index is -0.237. The summed E-state index contributed by atoms with van der Waals surface area (Å²) in [6, 6.07) is 0.00836. The Bertz CT molecular complexity index is 307. The Morgan fingerprint density at radius 3 is 2.79 bits per heavy atom. The van der Waals surface area contributed by atoms with Crippen molar-refractivity contribution in [1.29, 1.82) is 0 Å². The van der Waals surface area contributed by atoms with E-state index in [0.29, 0.717) is 13.0 Å². The molecule has 19 heavy (non-hydrogen) atoms. The van der Waals surface area contributed by atoms with Crippen LogP contribution < -0.4 is 5.73 Å². The largest absolute Gasteiger partial charge is 0.469 e. The molecule has 2 atom stereocenters. The summed E-state index contributed by atoms with van der Waals surface area (Å²) in [5.74, 6) is -0.0943. The summed E-state index contributed by atoms with van der Waals surface area (Å²) in [5, 5.41) is 0. The number of piperidine rings is 1. The van der Waals surface area contributed by atoms with Gasteiger partial charge in [-0.1, -0.05) is 6.92 Å². The van der Waals surface area contributed by atoms with Gasteiger partial charge in [0.2, 0.25) is 5.91 Å². The number of methoxy groups -OCH3 is 1. The average Bonchev–Trinajstić information content (AvgIpc) is 2.44. The molecule has 0 aromatic heterocycles. The minimum absolute atomic E-state index is 0.00836. The number of carbonyl (C=O) groups is 2. The quantitative estimate of drug-likeness (QED) is 0.738. The van der Waals surface area contributed by atoms with Crippen molar-refractivity contribution in [1.82, 2.24) is 4.90 Å². The van der Waals surface area contributed by atoms with Crippen molar-refractivity contribution in [3.63, 3.8) is 0 Å². The lowest BCUT2D eigenvalue weighted by Gasteiger charge is -2.37. The molecule has 5 heteroatoms. The summed E-state index contributed by atoms with van der Waals surface area (Å²) < 4.78 is 4.71. The van der Waals surface area contributed by atoms with Gasteiger partial charge in [0, 0.05) is 18.5 Å². The van der Waals surface area contributed by atoms with Gasteiger partial charge < -0.3 is 15.4 Å². The van der Waals surface area contributed by atoms with Crippen LogP contribution in [0.15, 0.2) is 0 Å². The molecule has 1 aliphatic heterocycles. The third kappa shape index (κ3) is 4.82. The number of amides is 1. The SMILES string of the molecule is COC(=O)CC1CCCCN1C(=O)C(C)CCCN. The van der Waals surface area contributed by atoms with Gasteiger partial charge in [0.1, 0.15) is 0 Å². The molecule has 110 valence electrons. The van der Waals surface area contributed by atoms with Gasteiger partial charge in [0.15, 0.2) is 0 Å². The zero-order chi connectivity index (χ0) is 14.3. The highest BCUT2D eigenvalue weighted by atomic mass is 16.5. The monoisotopic (exact) mass is 270 g/mol. The maximum absolute atomic E-state index is 12.4. The summed E-state index contributed by atoms with van der Waals surface area (Å²) in [5.41, 5.74) is 5.48. The Hall–Kier alpha value is -1.10. The number of carbonyl (C=O) groups excluding carboxylic acids is 2. The fourth-order valence-corrected chi connectivity index (χ4v) is 2.61. The first-order chi connectivity index (χ1) is 9.10. The van der Waals surface area contributed by atoms with Gasteiger partial charge in [-0.05, 0) is 38.6 Å². The van der Waals surface area contributed by atoms with Crippen LogP contribution in [0.5, 0.6) is 0 Å². The van der Waals surface area contributed by atoms with Crippen LogP contribution >= 0.6 is 0 Å². The van der Waals surface area contributed by atoms with Crippen LogP contribution in [-0.4, -0.2) is 43.0 Å². The normalized spacial score (nSPS) is 21.0. The molecular formula is C14H26N2O3. The molecule has 0 spiro atoms. The van der Waals surface area contributed by atoms with E-state index in [2.05, 4.69) is 0 Å². The van der Waals surface area contributed by atoms with Crippen LogP contribution in [0.1, 0.15) is 45.4 Å². The van der Waals surface area contributed by atoms with Crippen LogP contribution in [0, 0.1) is 5.92 Å². The molecule has 2 unspecified atom stereocenters. The maximum Gasteiger partial charge on any atom is 0.307 e. The summed E-state index contributed by atoms with van der Waals surface area (Å²) in [6.45, 7) is 3.32. The highest BCUT2D eigenvalue weighted by Gasteiger charge is 2.30. The number of rotatable bonds is 6. The topological polar surface area (TPSA) is 72.6 Å². The van der Waals surface area contributed by atoms with Gasteiger partial charge in [0.05, 0.1) is 13.5 Å². The van der Waals surface area contributed by atoms with E-state index in [1.165, 1.54) is 7.11 Å². The number of esters is 1. The molecule has 2 N–H and O–H groups in total.